The van der Waals surface area contributed by atoms with Gasteiger partial charge in [-0.25, -0.2) is 4.98 Å². The third kappa shape index (κ3) is 5.98. The van der Waals surface area contributed by atoms with Crippen LogP contribution in [0.4, 0.5) is 5.69 Å². The van der Waals surface area contributed by atoms with Gasteiger partial charge >= 0.3 is 0 Å². The maximum absolute atomic E-state index is 13.6. The molecule has 0 N–H and O–H groups in total. The fourth-order valence-corrected chi connectivity index (χ4v) is 5.33. The van der Waals surface area contributed by atoms with Gasteiger partial charge in [0.05, 0.1) is 28.9 Å². The van der Waals surface area contributed by atoms with Crippen molar-refractivity contribution in [3.63, 3.8) is 0 Å². The van der Waals surface area contributed by atoms with Crippen LogP contribution in [0.3, 0.4) is 0 Å². The molecule has 1 aromatic heterocycles. The largest absolute Gasteiger partial charge is 0.482 e. The number of hydrogen-bond donors (Lipinski definition) is 0. The number of methoxy groups -OCH3 is 1. The summed E-state index contributed by atoms with van der Waals surface area (Å²) in [5, 5.41) is 0.617. The number of aromatic nitrogens is 1. The van der Waals surface area contributed by atoms with Gasteiger partial charge < -0.3 is 19.3 Å². The molecule has 39 heavy (non-hydrogen) atoms. The number of pyridine rings is 1. The molecule has 10 heteroatoms. The Hall–Kier alpha value is -3.33. The lowest BCUT2D eigenvalue weighted by Gasteiger charge is -2.35. The van der Waals surface area contributed by atoms with E-state index in [9.17, 15) is 9.59 Å². The van der Waals surface area contributed by atoms with Crippen LogP contribution in [-0.2, 0) is 9.59 Å². The van der Waals surface area contributed by atoms with E-state index in [1.807, 2.05) is 24.3 Å². The number of halogens is 2. The molecule has 0 radical (unpaired) electrons. The van der Waals surface area contributed by atoms with Gasteiger partial charge in [0.2, 0.25) is 11.8 Å². The van der Waals surface area contributed by atoms with Crippen molar-refractivity contribution in [2.75, 3.05) is 51.8 Å². The smallest absolute Gasteiger partial charge is 0.265 e. The molecule has 204 valence electrons. The van der Waals surface area contributed by atoms with Gasteiger partial charge in [0.25, 0.3) is 5.91 Å². The molecule has 1 unspecified atom stereocenters. The Labute approximate surface area is 238 Å². The van der Waals surface area contributed by atoms with Crippen molar-refractivity contribution < 1.29 is 19.1 Å². The zero-order valence-corrected chi connectivity index (χ0v) is 23.4. The van der Waals surface area contributed by atoms with E-state index in [-0.39, 0.29) is 31.0 Å². The van der Waals surface area contributed by atoms with E-state index in [1.165, 1.54) is 4.90 Å². The quantitative estimate of drug-likeness (QED) is 0.377. The second kappa shape index (κ2) is 11.8. The maximum Gasteiger partial charge on any atom is 0.265 e. The molecule has 2 aliphatic rings. The highest BCUT2D eigenvalue weighted by Crippen LogP contribution is 2.39. The highest BCUT2D eigenvalue weighted by molar-refractivity contribution is 6.42. The zero-order chi connectivity index (χ0) is 27.5. The predicted octanol–water partition coefficient (Wildman–Crippen LogP) is 5.08. The molecule has 1 fully saturated rings. The van der Waals surface area contributed by atoms with Crippen LogP contribution in [0.1, 0.15) is 24.4 Å². The van der Waals surface area contributed by atoms with E-state index in [0.29, 0.717) is 33.9 Å². The number of fused-ring (bicyclic) bond motifs is 1. The van der Waals surface area contributed by atoms with Crippen molar-refractivity contribution in [3.8, 4) is 22.8 Å². The highest BCUT2D eigenvalue weighted by atomic mass is 35.5. The number of likely N-dealkylation sites (N-methyl/N-ethyl adjacent to an activating group) is 1. The number of carbonyl (C=O) groups is 2. The Bertz CT molecular complexity index is 1340. The Morgan fingerprint density at radius 2 is 1.77 bits per heavy atom. The first-order chi connectivity index (χ1) is 18.8. The molecule has 3 heterocycles. The van der Waals surface area contributed by atoms with Crippen molar-refractivity contribution in [1.29, 1.82) is 0 Å². The summed E-state index contributed by atoms with van der Waals surface area (Å²) in [6.45, 7) is 2.42. The van der Waals surface area contributed by atoms with Crippen LogP contribution in [-0.4, -0.2) is 73.5 Å². The highest BCUT2D eigenvalue weighted by Gasteiger charge is 2.32. The topological polar surface area (TPSA) is 75.2 Å². The summed E-state index contributed by atoms with van der Waals surface area (Å²) in [5.41, 5.74) is 3.46. The van der Waals surface area contributed by atoms with Gasteiger partial charge in [0, 0.05) is 37.5 Å². The van der Waals surface area contributed by atoms with Crippen LogP contribution in [0.15, 0.2) is 54.7 Å². The summed E-state index contributed by atoms with van der Waals surface area (Å²) >= 11 is 12.4. The monoisotopic (exact) mass is 568 g/mol. The summed E-state index contributed by atoms with van der Waals surface area (Å²) in [5.74, 6) is 0.496. The van der Waals surface area contributed by atoms with E-state index >= 15 is 0 Å². The van der Waals surface area contributed by atoms with Gasteiger partial charge in [-0.05, 0) is 49.2 Å². The molecule has 0 saturated carbocycles. The summed E-state index contributed by atoms with van der Waals surface area (Å²) in [6.07, 6.45) is 4.08. The molecule has 1 saturated heterocycles. The Kier molecular flexibility index (Phi) is 8.26. The van der Waals surface area contributed by atoms with E-state index in [2.05, 4.69) is 22.0 Å². The Balaban J connectivity index is 1.38. The number of hydrogen-bond acceptors (Lipinski definition) is 6. The van der Waals surface area contributed by atoms with Gasteiger partial charge in [-0.3, -0.25) is 14.5 Å². The van der Waals surface area contributed by atoms with Crippen molar-refractivity contribution in [1.82, 2.24) is 14.8 Å². The van der Waals surface area contributed by atoms with Gasteiger partial charge in [-0.15, -0.1) is 0 Å². The minimum absolute atomic E-state index is 0.129. The second-order valence-corrected chi connectivity index (χ2v) is 10.6. The van der Waals surface area contributed by atoms with Crippen molar-refractivity contribution in [2.24, 2.45) is 0 Å². The van der Waals surface area contributed by atoms with Crippen LogP contribution in [0, 0.1) is 0 Å². The van der Waals surface area contributed by atoms with E-state index in [1.54, 1.807) is 37.4 Å². The van der Waals surface area contributed by atoms with Gasteiger partial charge in [-0.1, -0.05) is 47.5 Å². The molecule has 0 spiro atoms. The summed E-state index contributed by atoms with van der Waals surface area (Å²) in [6, 6.07) is 14.9. The molecule has 2 amide bonds. The number of rotatable bonds is 8. The maximum atomic E-state index is 13.6. The third-order valence-electron chi connectivity index (χ3n) is 7.30. The van der Waals surface area contributed by atoms with Crippen LogP contribution in [0.2, 0.25) is 10.0 Å². The van der Waals surface area contributed by atoms with Gasteiger partial charge in [0.1, 0.15) is 12.3 Å². The first-order valence-electron chi connectivity index (χ1n) is 12.8. The van der Waals surface area contributed by atoms with E-state index in [0.717, 1.165) is 42.6 Å². The lowest BCUT2D eigenvalue weighted by Crippen LogP contribution is -2.47. The van der Waals surface area contributed by atoms with E-state index in [4.69, 9.17) is 32.7 Å². The van der Waals surface area contributed by atoms with Crippen LogP contribution >= 0.6 is 23.2 Å². The first-order valence-corrected chi connectivity index (χ1v) is 13.6. The van der Waals surface area contributed by atoms with E-state index < -0.39 is 0 Å². The van der Waals surface area contributed by atoms with Crippen LogP contribution in [0.25, 0.3) is 11.1 Å². The lowest BCUT2D eigenvalue weighted by molar-refractivity contribution is -0.133. The Morgan fingerprint density at radius 3 is 2.44 bits per heavy atom. The second-order valence-electron chi connectivity index (χ2n) is 9.74. The number of amides is 2. The zero-order valence-electron chi connectivity index (χ0n) is 21.9. The molecule has 8 nitrogen and oxygen atoms in total. The number of carbonyl (C=O) groups excluding carboxylic acids is 2. The van der Waals surface area contributed by atoms with Crippen molar-refractivity contribution >= 4 is 40.7 Å². The molecular weight excluding hydrogens is 539 g/mol. The average Bonchev–Trinajstić information content (AvgIpc) is 3.47. The minimum Gasteiger partial charge on any atom is -0.482 e. The Morgan fingerprint density at radius 1 is 1.08 bits per heavy atom. The standard InChI is InChI=1S/C29H30Cl2N4O4/c1-33(28(36)17-35-24-13-22(30)23(31)14-26(24)39-18-29(35)37)25(16-34-11-3-4-12-34)20-7-5-19(6-8-20)21-9-10-27(38-2)32-15-21/h5-10,13-15,25H,3-4,11-12,16-18H2,1-2H3. The summed E-state index contributed by atoms with van der Waals surface area (Å²) in [7, 11) is 3.39. The predicted molar refractivity (Wildman–Crippen MR) is 152 cm³/mol. The molecule has 2 aliphatic heterocycles. The van der Waals surface area contributed by atoms with Gasteiger partial charge in [-0.2, -0.15) is 0 Å². The SMILES string of the molecule is COc1ccc(-c2ccc(C(CN3CCCC3)N(C)C(=O)CN3C(=O)COc4cc(Cl)c(Cl)cc43)cc2)cn1. The molecule has 0 aliphatic carbocycles. The summed E-state index contributed by atoms with van der Waals surface area (Å²) < 4.78 is 10.7. The molecule has 2 aromatic carbocycles. The normalized spacial score (nSPS) is 16.0. The first kappa shape index (κ1) is 27.2. The fourth-order valence-electron chi connectivity index (χ4n) is 5.02. The third-order valence-corrected chi connectivity index (χ3v) is 8.03. The van der Waals surface area contributed by atoms with Crippen LogP contribution in [0.5, 0.6) is 11.6 Å². The molecular formula is C29H30Cl2N4O4. The fraction of sp³-hybridized carbons (Fsp3) is 0.345. The van der Waals surface area contributed by atoms with Crippen molar-refractivity contribution in [3.05, 3.63) is 70.3 Å². The minimum atomic E-state index is -0.309. The number of anilines is 1. The number of nitrogens with zero attached hydrogens (tertiary/aromatic N) is 4. The molecule has 5 rings (SSSR count). The molecule has 0 bridgehead atoms. The van der Waals surface area contributed by atoms with Crippen molar-refractivity contribution in [2.45, 2.75) is 18.9 Å². The molecule has 1 atom stereocenters. The van der Waals surface area contributed by atoms with Gasteiger partial charge in [0.15, 0.2) is 6.61 Å². The average molecular weight is 569 g/mol. The number of ether oxygens (including phenoxy) is 2. The number of likely N-dealkylation sites (tertiary alicyclic amines) is 1. The van der Waals surface area contributed by atoms with Crippen LogP contribution < -0.4 is 14.4 Å². The lowest BCUT2D eigenvalue weighted by atomic mass is 10.00. The summed E-state index contributed by atoms with van der Waals surface area (Å²) in [4.78, 5) is 36.3. The molecule has 3 aromatic rings. The number of benzene rings is 2.